The minimum atomic E-state index is -3.90. The van der Waals surface area contributed by atoms with Crippen LogP contribution in [0.3, 0.4) is 0 Å². The van der Waals surface area contributed by atoms with Crippen LogP contribution in [0.2, 0.25) is 0 Å². The second kappa shape index (κ2) is 7.40. The summed E-state index contributed by atoms with van der Waals surface area (Å²) in [6.45, 7) is 4.23. The highest BCUT2D eigenvalue weighted by Gasteiger charge is 2.19. The predicted octanol–water partition coefficient (Wildman–Crippen LogP) is 4.65. The van der Waals surface area contributed by atoms with Crippen molar-refractivity contribution in [3.8, 4) is 0 Å². The molecule has 1 atom stereocenters. The predicted molar refractivity (Wildman–Crippen MR) is 99.3 cm³/mol. The van der Waals surface area contributed by atoms with Crippen molar-refractivity contribution in [2.45, 2.75) is 50.3 Å². The molecule has 1 aliphatic carbocycles. The fourth-order valence-corrected chi connectivity index (χ4v) is 3.78. The van der Waals surface area contributed by atoms with Crippen molar-refractivity contribution < 1.29 is 12.7 Å². The molecule has 0 saturated carbocycles. The molecule has 2 aromatic rings. The Labute approximate surface area is 149 Å². The van der Waals surface area contributed by atoms with Crippen LogP contribution in [0.1, 0.15) is 55.7 Å². The fraction of sp³-hybridized carbons (Fsp3) is 0.350. The number of fused-ring (bicyclic) bond motifs is 1. The fourth-order valence-electron chi connectivity index (χ4n) is 3.03. The summed E-state index contributed by atoms with van der Waals surface area (Å²) >= 11 is 0. The number of rotatable bonds is 5. The summed E-state index contributed by atoms with van der Waals surface area (Å²) in [6.07, 6.45) is 3.66. The van der Waals surface area contributed by atoms with E-state index in [1.54, 1.807) is 12.1 Å². The van der Waals surface area contributed by atoms with Gasteiger partial charge in [-0.2, -0.15) is 8.42 Å². The van der Waals surface area contributed by atoms with Gasteiger partial charge in [-0.1, -0.05) is 55.4 Å². The molecule has 3 rings (SSSR count). The molecule has 0 aliphatic heterocycles. The van der Waals surface area contributed by atoms with E-state index in [9.17, 15) is 8.42 Å². The lowest BCUT2D eigenvalue weighted by atomic mass is 9.90. The first-order valence-electron chi connectivity index (χ1n) is 8.70. The van der Waals surface area contributed by atoms with Crippen molar-refractivity contribution in [1.29, 1.82) is 0 Å². The van der Waals surface area contributed by atoms with E-state index in [0.717, 1.165) is 36.8 Å². The normalized spacial score (nSPS) is 17.1. The van der Waals surface area contributed by atoms with Crippen LogP contribution in [0.15, 0.2) is 58.6 Å². The van der Waals surface area contributed by atoms with Crippen LogP contribution in [0.5, 0.6) is 0 Å². The number of hydrogen-bond donors (Lipinski definition) is 0. The molecule has 0 spiro atoms. The van der Waals surface area contributed by atoms with Gasteiger partial charge in [0.15, 0.2) is 0 Å². The lowest BCUT2D eigenvalue weighted by molar-refractivity contribution is 0.337. The molecule has 25 heavy (non-hydrogen) atoms. The highest BCUT2D eigenvalue weighted by molar-refractivity contribution is 7.86. The Kier molecular flexibility index (Phi) is 5.23. The van der Waals surface area contributed by atoms with Crippen LogP contribution < -0.4 is 0 Å². The first-order valence-corrected chi connectivity index (χ1v) is 10.1. The Bertz CT molecular complexity index is 870. The van der Waals surface area contributed by atoms with Gasteiger partial charge in [0, 0.05) is 5.56 Å². The van der Waals surface area contributed by atoms with Crippen molar-refractivity contribution in [3.63, 3.8) is 0 Å². The number of aryl methyl sites for hydroxylation is 1. The van der Waals surface area contributed by atoms with E-state index in [0.29, 0.717) is 11.6 Å². The standard InChI is InChI=1S/C20H23NO3S/c1-3-15(2)16-11-13-18(14-12-16)25(22,23)24-21-20-10-6-8-17-7-4-5-9-19(17)20/h4-5,7,9,11-15H,3,6,8,10H2,1-2H3. The van der Waals surface area contributed by atoms with Crippen molar-refractivity contribution in [2.24, 2.45) is 5.16 Å². The first kappa shape index (κ1) is 17.7. The van der Waals surface area contributed by atoms with Gasteiger partial charge in [-0.3, -0.25) is 4.28 Å². The number of oxime groups is 1. The monoisotopic (exact) mass is 357 g/mol. The average molecular weight is 357 g/mol. The molecule has 1 aliphatic rings. The van der Waals surface area contributed by atoms with Crippen LogP contribution >= 0.6 is 0 Å². The number of nitrogens with zero attached hydrogens (tertiary/aromatic N) is 1. The van der Waals surface area contributed by atoms with Gasteiger partial charge in [0.2, 0.25) is 0 Å². The zero-order chi connectivity index (χ0) is 17.9. The summed E-state index contributed by atoms with van der Waals surface area (Å²) in [5.41, 5.74) is 3.98. The summed E-state index contributed by atoms with van der Waals surface area (Å²) in [5.74, 6) is 0.400. The minimum Gasteiger partial charge on any atom is -0.264 e. The highest BCUT2D eigenvalue weighted by Crippen LogP contribution is 2.24. The van der Waals surface area contributed by atoms with Crippen LogP contribution in [-0.2, 0) is 20.8 Å². The minimum absolute atomic E-state index is 0.132. The SMILES string of the molecule is CCC(C)c1ccc(S(=O)(=O)ON=C2CCCc3ccccc32)cc1. The molecule has 132 valence electrons. The summed E-state index contributed by atoms with van der Waals surface area (Å²) in [7, 11) is -3.90. The number of benzene rings is 2. The van der Waals surface area contributed by atoms with Gasteiger partial charge in [0.25, 0.3) is 0 Å². The maximum Gasteiger partial charge on any atom is 0.358 e. The molecule has 0 radical (unpaired) electrons. The molecule has 0 heterocycles. The van der Waals surface area contributed by atoms with E-state index >= 15 is 0 Å². The van der Waals surface area contributed by atoms with E-state index in [1.807, 2.05) is 36.4 Å². The van der Waals surface area contributed by atoms with Crippen molar-refractivity contribution in [2.75, 3.05) is 0 Å². The van der Waals surface area contributed by atoms with Gasteiger partial charge in [-0.05, 0) is 54.9 Å². The molecule has 4 nitrogen and oxygen atoms in total. The van der Waals surface area contributed by atoms with Crippen LogP contribution in [0.4, 0.5) is 0 Å². The molecular formula is C20H23NO3S. The topological polar surface area (TPSA) is 55.7 Å². The van der Waals surface area contributed by atoms with Crippen molar-refractivity contribution in [3.05, 3.63) is 65.2 Å². The van der Waals surface area contributed by atoms with Gasteiger partial charge in [0.05, 0.1) is 5.71 Å². The molecule has 0 saturated heterocycles. The van der Waals surface area contributed by atoms with Crippen molar-refractivity contribution >= 4 is 15.8 Å². The van der Waals surface area contributed by atoms with Gasteiger partial charge < -0.3 is 0 Å². The van der Waals surface area contributed by atoms with E-state index in [4.69, 9.17) is 4.28 Å². The molecular weight excluding hydrogens is 334 g/mol. The Morgan fingerprint density at radius 3 is 2.52 bits per heavy atom. The summed E-state index contributed by atoms with van der Waals surface area (Å²) < 4.78 is 29.8. The zero-order valence-electron chi connectivity index (χ0n) is 14.6. The van der Waals surface area contributed by atoms with Crippen LogP contribution in [0.25, 0.3) is 0 Å². The molecule has 0 N–H and O–H groups in total. The average Bonchev–Trinajstić information content (AvgIpc) is 2.66. The van der Waals surface area contributed by atoms with Gasteiger partial charge in [-0.15, -0.1) is 0 Å². The smallest absolute Gasteiger partial charge is 0.264 e. The Morgan fingerprint density at radius 1 is 1.08 bits per heavy atom. The third kappa shape index (κ3) is 3.93. The van der Waals surface area contributed by atoms with E-state index in [2.05, 4.69) is 19.0 Å². The molecule has 0 aromatic heterocycles. The Balaban J connectivity index is 1.81. The van der Waals surface area contributed by atoms with Crippen LogP contribution in [-0.4, -0.2) is 14.1 Å². The molecule has 2 aromatic carbocycles. The molecule has 0 amide bonds. The second-order valence-electron chi connectivity index (χ2n) is 6.46. The Hall–Kier alpha value is -2.14. The summed E-state index contributed by atoms with van der Waals surface area (Å²) in [6, 6.07) is 14.8. The number of hydrogen-bond acceptors (Lipinski definition) is 4. The van der Waals surface area contributed by atoms with E-state index in [-0.39, 0.29) is 4.90 Å². The molecule has 0 fully saturated rings. The van der Waals surface area contributed by atoms with E-state index in [1.165, 1.54) is 5.56 Å². The van der Waals surface area contributed by atoms with Gasteiger partial charge in [-0.25, -0.2) is 0 Å². The second-order valence-corrected chi connectivity index (χ2v) is 7.98. The quantitative estimate of drug-likeness (QED) is 0.732. The first-order chi connectivity index (χ1) is 12.0. The lowest BCUT2D eigenvalue weighted by Gasteiger charge is -2.16. The molecule has 1 unspecified atom stereocenters. The third-order valence-electron chi connectivity index (χ3n) is 4.78. The summed E-state index contributed by atoms with van der Waals surface area (Å²) in [4.78, 5) is 0.132. The summed E-state index contributed by atoms with van der Waals surface area (Å²) in [5, 5.41) is 3.97. The maximum absolute atomic E-state index is 12.4. The maximum atomic E-state index is 12.4. The Morgan fingerprint density at radius 2 is 1.80 bits per heavy atom. The molecule has 5 heteroatoms. The van der Waals surface area contributed by atoms with Crippen LogP contribution in [0, 0.1) is 0 Å². The third-order valence-corrected chi connectivity index (χ3v) is 5.90. The molecule has 0 bridgehead atoms. The largest absolute Gasteiger partial charge is 0.358 e. The van der Waals surface area contributed by atoms with Crippen molar-refractivity contribution in [1.82, 2.24) is 0 Å². The van der Waals surface area contributed by atoms with Gasteiger partial charge >= 0.3 is 10.1 Å². The van der Waals surface area contributed by atoms with E-state index < -0.39 is 10.1 Å². The zero-order valence-corrected chi connectivity index (χ0v) is 15.4. The van der Waals surface area contributed by atoms with Gasteiger partial charge in [0.1, 0.15) is 4.90 Å². The lowest BCUT2D eigenvalue weighted by Crippen LogP contribution is -2.13. The highest BCUT2D eigenvalue weighted by atomic mass is 32.2.